The van der Waals surface area contributed by atoms with E-state index in [4.69, 9.17) is 4.98 Å². The zero-order valence-corrected chi connectivity index (χ0v) is 18.2. The molecule has 0 fully saturated rings. The number of nitriles is 1. The number of aliphatic hydroxyl groups is 1. The summed E-state index contributed by atoms with van der Waals surface area (Å²) in [6.07, 6.45) is 4.32. The van der Waals surface area contributed by atoms with E-state index in [-0.39, 0.29) is 12.0 Å². The van der Waals surface area contributed by atoms with E-state index in [1.807, 2.05) is 48.3 Å². The van der Waals surface area contributed by atoms with Gasteiger partial charge in [-0.05, 0) is 35.4 Å². The van der Waals surface area contributed by atoms with E-state index in [0.29, 0.717) is 5.56 Å². The largest absolute Gasteiger partial charge is 0.392 e. The van der Waals surface area contributed by atoms with E-state index >= 15 is 0 Å². The average molecular weight is 430 g/mol. The number of benzene rings is 1. The van der Waals surface area contributed by atoms with Gasteiger partial charge >= 0.3 is 0 Å². The molecule has 28 heavy (non-hydrogen) atoms. The Morgan fingerprint density at radius 2 is 2.25 bits per heavy atom. The maximum absolute atomic E-state index is 9.89. The van der Waals surface area contributed by atoms with Crippen molar-refractivity contribution in [2.24, 2.45) is 4.99 Å². The van der Waals surface area contributed by atoms with Crippen molar-refractivity contribution >= 4 is 41.5 Å². The van der Waals surface area contributed by atoms with Crippen LogP contribution in [0.4, 0.5) is 0 Å². The van der Waals surface area contributed by atoms with Gasteiger partial charge < -0.3 is 5.11 Å². The molecule has 0 radical (unpaired) electrons. The van der Waals surface area contributed by atoms with Crippen molar-refractivity contribution in [2.75, 3.05) is 16.6 Å². The number of unbranched alkanes of at least 4 members (excludes halogenated alkanes) is 1. The molecule has 1 aromatic heterocycles. The van der Waals surface area contributed by atoms with Gasteiger partial charge in [-0.1, -0.05) is 43.3 Å². The van der Waals surface area contributed by atoms with Crippen molar-refractivity contribution in [3.8, 4) is 17.2 Å². The van der Waals surface area contributed by atoms with Crippen LogP contribution < -0.4 is 0 Å². The molecule has 1 aromatic carbocycles. The average Bonchev–Trinajstić information content (AvgIpc) is 3.28. The molecule has 1 aliphatic rings. The summed E-state index contributed by atoms with van der Waals surface area (Å²) >= 11 is 5.26. The van der Waals surface area contributed by atoms with Crippen molar-refractivity contribution < 1.29 is 5.11 Å². The monoisotopic (exact) mass is 429 g/mol. The molecule has 1 N–H and O–H groups in total. The molecule has 1 unspecified atom stereocenters. The van der Waals surface area contributed by atoms with Crippen LogP contribution in [0.3, 0.4) is 0 Å². The van der Waals surface area contributed by atoms with Crippen molar-refractivity contribution in [2.45, 2.75) is 36.8 Å². The fourth-order valence-corrected chi connectivity index (χ4v) is 5.86. The van der Waals surface area contributed by atoms with Gasteiger partial charge in [-0.15, -0.1) is 11.8 Å². The third-order valence-electron chi connectivity index (χ3n) is 4.28. The first-order chi connectivity index (χ1) is 13.8. The minimum absolute atomic E-state index is 0.0142. The highest BCUT2D eigenvalue weighted by Crippen LogP contribution is 2.38. The van der Waals surface area contributed by atoms with Crippen molar-refractivity contribution in [1.82, 2.24) is 4.98 Å². The second-order valence-electron chi connectivity index (χ2n) is 6.29. The molecule has 1 atom stereocenters. The molecule has 2 heterocycles. The zero-order valence-electron chi connectivity index (χ0n) is 15.8. The summed E-state index contributed by atoms with van der Waals surface area (Å²) in [4.78, 5) is 9.35. The second-order valence-corrected chi connectivity index (χ2v) is 9.83. The molecule has 146 valence electrons. The smallest absolute Gasteiger partial charge is 0.137 e. The lowest BCUT2D eigenvalue weighted by Crippen LogP contribution is -2.00. The first kappa shape index (κ1) is 21.3. The van der Waals surface area contributed by atoms with Crippen molar-refractivity contribution in [3.63, 3.8) is 0 Å². The van der Waals surface area contributed by atoms with Crippen LogP contribution >= 0.6 is 35.3 Å². The number of aromatic nitrogens is 1. The number of aliphatic imine (C=N–C) groups is 1. The number of hydrogen-bond acceptors (Lipinski definition) is 7. The molecule has 4 nitrogen and oxygen atoms in total. The van der Waals surface area contributed by atoms with E-state index in [9.17, 15) is 10.4 Å². The van der Waals surface area contributed by atoms with E-state index < -0.39 is 0 Å². The Kier molecular flexibility index (Phi) is 8.28. The molecular weight excluding hydrogens is 406 g/mol. The number of pyridine rings is 1. The van der Waals surface area contributed by atoms with Crippen LogP contribution in [-0.2, 0) is 6.61 Å². The standard InChI is InChI=1S/C21H23N3OS3/c1-2-3-8-26-14-28-20-18(12-22)17(16-6-4-5-15(10-16)13-25)11-19(24-20)21-23-7-9-27-21/h4-7,10-11,21,25H,2-3,8-9,13-14H2,1H3. The second kappa shape index (κ2) is 10.9. The SMILES string of the molecule is CCCCSCSc1nc(C2N=CCS2)cc(-c2cccc(CO)c2)c1C#N. The Morgan fingerprint density at radius 3 is 2.96 bits per heavy atom. The fourth-order valence-electron chi connectivity index (χ4n) is 2.83. The van der Waals surface area contributed by atoms with Crippen LogP contribution in [0.1, 0.15) is 42.0 Å². The number of aliphatic hydroxyl groups excluding tert-OH is 1. The third-order valence-corrected chi connectivity index (χ3v) is 7.59. The van der Waals surface area contributed by atoms with Crippen LogP contribution in [-0.4, -0.2) is 32.9 Å². The Morgan fingerprint density at radius 1 is 1.36 bits per heavy atom. The third kappa shape index (κ3) is 5.32. The Bertz CT molecular complexity index is 880. The molecule has 1 aliphatic heterocycles. The predicted molar refractivity (Wildman–Crippen MR) is 122 cm³/mol. The van der Waals surface area contributed by atoms with Gasteiger partial charge in [-0.25, -0.2) is 4.98 Å². The highest BCUT2D eigenvalue weighted by atomic mass is 32.2. The summed E-state index contributed by atoms with van der Waals surface area (Å²) in [5.74, 6) is 2.01. The summed E-state index contributed by atoms with van der Waals surface area (Å²) < 4.78 is 0. The fraction of sp³-hybridized carbons (Fsp3) is 0.381. The van der Waals surface area contributed by atoms with Crippen molar-refractivity contribution in [3.05, 3.63) is 47.2 Å². The van der Waals surface area contributed by atoms with Gasteiger partial charge in [0.2, 0.25) is 0 Å². The lowest BCUT2D eigenvalue weighted by molar-refractivity contribution is 0.282. The van der Waals surface area contributed by atoms with Crippen LogP contribution in [0.2, 0.25) is 0 Å². The molecule has 0 saturated carbocycles. The molecule has 0 bridgehead atoms. The van der Waals surface area contributed by atoms with Gasteiger partial charge in [0.05, 0.1) is 17.9 Å². The molecular formula is C21H23N3OS3. The summed E-state index contributed by atoms with van der Waals surface area (Å²) in [6, 6.07) is 12.1. The highest BCUT2D eigenvalue weighted by Gasteiger charge is 2.21. The van der Waals surface area contributed by atoms with Crippen LogP contribution in [0, 0.1) is 11.3 Å². The quantitative estimate of drug-likeness (QED) is 0.322. The number of thioether (sulfide) groups is 3. The molecule has 0 amide bonds. The van der Waals surface area contributed by atoms with Gasteiger partial charge in [0.15, 0.2) is 0 Å². The summed E-state index contributed by atoms with van der Waals surface area (Å²) in [7, 11) is 0. The Labute approximate surface area is 179 Å². The number of rotatable bonds is 9. The lowest BCUT2D eigenvalue weighted by atomic mass is 9.99. The first-order valence-electron chi connectivity index (χ1n) is 9.25. The van der Waals surface area contributed by atoms with Crippen molar-refractivity contribution in [1.29, 1.82) is 5.26 Å². The maximum Gasteiger partial charge on any atom is 0.137 e. The van der Waals surface area contributed by atoms with Gasteiger partial charge in [0.1, 0.15) is 16.5 Å². The minimum atomic E-state index is -0.0217. The molecule has 0 aliphatic carbocycles. The minimum Gasteiger partial charge on any atom is -0.392 e. The van der Waals surface area contributed by atoms with Gasteiger partial charge in [-0.2, -0.15) is 17.0 Å². The van der Waals surface area contributed by atoms with Crippen LogP contribution in [0.15, 0.2) is 40.4 Å². The zero-order chi connectivity index (χ0) is 19.8. The summed E-state index contributed by atoms with van der Waals surface area (Å²) in [6.45, 7) is 2.17. The normalized spacial score (nSPS) is 15.7. The molecule has 7 heteroatoms. The Hall–Kier alpha value is -1.46. The number of nitrogens with zero attached hydrogens (tertiary/aromatic N) is 3. The predicted octanol–water partition coefficient (Wildman–Crippen LogP) is 5.51. The van der Waals surface area contributed by atoms with E-state index in [1.165, 1.54) is 12.8 Å². The van der Waals surface area contributed by atoms with E-state index in [2.05, 4.69) is 18.0 Å². The highest BCUT2D eigenvalue weighted by molar-refractivity contribution is 8.16. The van der Waals surface area contributed by atoms with Crippen LogP contribution in [0.25, 0.3) is 11.1 Å². The van der Waals surface area contributed by atoms with Crippen LogP contribution in [0.5, 0.6) is 0 Å². The first-order valence-corrected chi connectivity index (χ1v) is 12.4. The molecule has 0 saturated heterocycles. The maximum atomic E-state index is 9.89. The topological polar surface area (TPSA) is 69.3 Å². The lowest BCUT2D eigenvalue weighted by Gasteiger charge is -2.14. The van der Waals surface area contributed by atoms with Gasteiger partial charge in [0.25, 0.3) is 0 Å². The summed E-state index contributed by atoms with van der Waals surface area (Å²) in [5, 5.41) is 21.0. The molecule has 0 spiro atoms. The molecule has 2 aromatic rings. The summed E-state index contributed by atoms with van der Waals surface area (Å²) in [5.41, 5.74) is 4.12. The van der Waals surface area contributed by atoms with Gasteiger partial charge in [0, 0.05) is 22.6 Å². The van der Waals surface area contributed by atoms with E-state index in [1.54, 1.807) is 23.5 Å². The Balaban J connectivity index is 1.98. The molecule has 3 rings (SSSR count). The van der Waals surface area contributed by atoms with Gasteiger partial charge in [-0.3, -0.25) is 4.99 Å². The number of hydrogen-bond donors (Lipinski definition) is 1. The van der Waals surface area contributed by atoms with E-state index in [0.717, 1.165) is 44.0 Å².